The van der Waals surface area contributed by atoms with E-state index in [1.165, 1.54) is 0 Å². The molecule has 0 aromatic carbocycles. The number of amides is 1. The zero-order valence-electron chi connectivity index (χ0n) is 10.4. The average molecular weight is 228 g/mol. The fourth-order valence-corrected chi connectivity index (χ4v) is 1.97. The second kappa shape index (κ2) is 6.86. The molecule has 0 bridgehead atoms. The topological polar surface area (TPSA) is 52.6 Å². The lowest BCUT2D eigenvalue weighted by atomic mass is 10.2. The molecule has 0 aromatic rings. The van der Waals surface area contributed by atoms with Crippen LogP contribution in [-0.4, -0.2) is 47.7 Å². The quantitative estimate of drug-likeness (QED) is 0.644. The fourth-order valence-electron chi connectivity index (χ4n) is 1.97. The molecule has 4 nitrogen and oxygen atoms in total. The Morgan fingerprint density at radius 1 is 1.56 bits per heavy atom. The summed E-state index contributed by atoms with van der Waals surface area (Å²) in [5.41, 5.74) is 0. The lowest BCUT2D eigenvalue weighted by Crippen LogP contribution is -2.42. The van der Waals surface area contributed by atoms with Crippen molar-refractivity contribution in [3.8, 4) is 0 Å². The third-order valence-corrected chi connectivity index (χ3v) is 2.93. The Balaban J connectivity index is 2.24. The van der Waals surface area contributed by atoms with Crippen molar-refractivity contribution in [1.29, 1.82) is 0 Å². The number of hydrogen-bond acceptors (Lipinski definition) is 3. The van der Waals surface area contributed by atoms with E-state index < -0.39 is 0 Å². The first-order valence-electron chi connectivity index (χ1n) is 6.31. The van der Waals surface area contributed by atoms with E-state index in [1.807, 2.05) is 6.92 Å². The standard InChI is InChI=1S/C12H24N2O2/c1-3-4-10(2)13-12(16)9-14(7-8-15)11-5-6-11/h10-11,15H,3-9H2,1-2H3,(H,13,16)/t10-/m0/s1. The first-order valence-corrected chi connectivity index (χ1v) is 6.31. The van der Waals surface area contributed by atoms with Crippen molar-refractivity contribution in [1.82, 2.24) is 10.2 Å². The summed E-state index contributed by atoms with van der Waals surface area (Å²) in [7, 11) is 0. The Morgan fingerprint density at radius 2 is 2.25 bits per heavy atom. The second-order valence-corrected chi connectivity index (χ2v) is 4.68. The van der Waals surface area contributed by atoms with E-state index in [4.69, 9.17) is 5.11 Å². The van der Waals surface area contributed by atoms with Gasteiger partial charge in [0.25, 0.3) is 0 Å². The number of aliphatic hydroxyl groups excluding tert-OH is 1. The molecule has 4 heteroatoms. The summed E-state index contributed by atoms with van der Waals surface area (Å²) in [4.78, 5) is 13.8. The van der Waals surface area contributed by atoms with Crippen LogP contribution in [0.15, 0.2) is 0 Å². The fraction of sp³-hybridized carbons (Fsp3) is 0.917. The van der Waals surface area contributed by atoms with Gasteiger partial charge in [0.05, 0.1) is 13.2 Å². The molecule has 1 aliphatic carbocycles. The largest absolute Gasteiger partial charge is 0.395 e. The number of carbonyl (C=O) groups is 1. The molecule has 1 saturated carbocycles. The van der Waals surface area contributed by atoms with Crippen LogP contribution < -0.4 is 5.32 Å². The van der Waals surface area contributed by atoms with Crippen molar-refractivity contribution >= 4 is 5.91 Å². The molecule has 0 saturated heterocycles. The lowest BCUT2D eigenvalue weighted by molar-refractivity contribution is -0.123. The predicted octanol–water partition coefficient (Wildman–Crippen LogP) is 0.748. The Bertz CT molecular complexity index is 217. The summed E-state index contributed by atoms with van der Waals surface area (Å²) < 4.78 is 0. The van der Waals surface area contributed by atoms with Gasteiger partial charge in [-0.15, -0.1) is 0 Å². The van der Waals surface area contributed by atoms with Crippen LogP contribution in [0.25, 0.3) is 0 Å². The van der Waals surface area contributed by atoms with Gasteiger partial charge in [0.2, 0.25) is 5.91 Å². The van der Waals surface area contributed by atoms with E-state index in [2.05, 4.69) is 17.1 Å². The summed E-state index contributed by atoms with van der Waals surface area (Å²) in [6.45, 7) is 5.33. The van der Waals surface area contributed by atoms with Crippen molar-refractivity contribution in [2.75, 3.05) is 19.7 Å². The van der Waals surface area contributed by atoms with Gasteiger partial charge in [-0.3, -0.25) is 9.69 Å². The van der Waals surface area contributed by atoms with E-state index in [1.54, 1.807) is 0 Å². The summed E-state index contributed by atoms with van der Waals surface area (Å²) in [5.74, 6) is 0.0845. The normalized spacial score (nSPS) is 17.5. The molecule has 16 heavy (non-hydrogen) atoms. The maximum Gasteiger partial charge on any atom is 0.234 e. The molecule has 0 aromatic heterocycles. The molecule has 2 N–H and O–H groups in total. The molecule has 1 atom stereocenters. The van der Waals surface area contributed by atoms with Gasteiger partial charge < -0.3 is 10.4 Å². The number of nitrogens with zero attached hydrogens (tertiary/aromatic N) is 1. The third kappa shape index (κ3) is 4.94. The maximum absolute atomic E-state index is 11.7. The molecular formula is C12H24N2O2. The molecule has 0 aliphatic heterocycles. The van der Waals surface area contributed by atoms with E-state index >= 15 is 0 Å². The van der Waals surface area contributed by atoms with Gasteiger partial charge >= 0.3 is 0 Å². The van der Waals surface area contributed by atoms with Crippen molar-refractivity contribution in [3.05, 3.63) is 0 Å². The molecule has 0 heterocycles. The highest BCUT2D eigenvalue weighted by molar-refractivity contribution is 5.78. The minimum absolute atomic E-state index is 0.0845. The number of aliphatic hydroxyl groups is 1. The highest BCUT2D eigenvalue weighted by Gasteiger charge is 2.29. The van der Waals surface area contributed by atoms with Crippen molar-refractivity contribution in [2.24, 2.45) is 0 Å². The smallest absolute Gasteiger partial charge is 0.234 e. The summed E-state index contributed by atoms with van der Waals surface area (Å²) in [6.07, 6.45) is 4.44. The molecule has 1 rings (SSSR count). The SMILES string of the molecule is CCC[C@H](C)NC(=O)CN(CCO)C1CC1. The minimum Gasteiger partial charge on any atom is -0.395 e. The van der Waals surface area contributed by atoms with Gasteiger partial charge in [0.15, 0.2) is 0 Å². The number of hydrogen-bond donors (Lipinski definition) is 2. The highest BCUT2D eigenvalue weighted by atomic mass is 16.3. The number of nitrogens with one attached hydrogen (secondary N) is 1. The minimum atomic E-state index is 0.0845. The number of rotatable bonds is 8. The first kappa shape index (κ1) is 13.5. The van der Waals surface area contributed by atoms with Gasteiger partial charge in [-0.25, -0.2) is 0 Å². The Kier molecular flexibility index (Phi) is 5.77. The molecule has 94 valence electrons. The summed E-state index contributed by atoms with van der Waals surface area (Å²) in [6, 6.07) is 0.784. The molecule has 0 radical (unpaired) electrons. The molecule has 1 fully saturated rings. The van der Waals surface area contributed by atoms with Gasteiger partial charge in [0, 0.05) is 18.6 Å². The van der Waals surface area contributed by atoms with Gasteiger partial charge in [-0.2, -0.15) is 0 Å². The van der Waals surface area contributed by atoms with Crippen LogP contribution in [0.3, 0.4) is 0 Å². The molecular weight excluding hydrogens is 204 g/mol. The van der Waals surface area contributed by atoms with Crippen LogP contribution in [0.1, 0.15) is 39.5 Å². The molecule has 0 spiro atoms. The van der Waals surface area contributed by atoms with E-state index in [0.29, 0.717) is 19.1 Å². The van der Waals surface area contributed by atoms with Crippen LogP contribution in [-0.2, 0) is 4.79 Å². The van der Waals surface area contributed by atoms with Crippen LogP contribution in [0, 0.1) is 0 Å². The zero-order chi connectivity index (χ0) is 12.0. The Hall–Kier alpha value is -0.610. The lowest BCUT2D eigenvalue weighted by Gasteiger charge is -2.21. The molecule has 1 aliphatic rings. The van der Waals surface area contributed by atoms with Crippen molar-refractivity contribution in [3.63, 3.8) is 0 Å². The monoisotopic (exact) mass is 228 g/mol. The maximum atomic E-state index is 11.7. The van der Waals surface area contributed by atoms with Crippen LogP contribution >= 0.6 is 0 Å². The predicted molar refractivity (Wildman–Crippen MR) is 64.2 cm³/mol. The van der Waals surface area contributed by atoms with Crippen LogP contribution in [0.5, 0.6) is 0 Å². The summed E-state index contributed by atoms with van der Waals surface area (Å²) in [5, 5.41) is 11.9. The van der Waals surface area contributed by atoms with Crippen LogP contribution in [0.4, 0.5) is 0 Å². The van der Waals surface area contributed by atoms with Crippen molar-refractivity contribution in [2.45, 2.75) is 51.6 Å². The van der Waals surface area contributed by atoms with Crippen LogP contribution in [0.2, 0.25) is 0 Å². The van der Waals surface area contributed by atoms with Gasteiger partial charge in [0.1, 0.15) is 0 Å². The molecule has 0 unspecified atom stereocenters. The number of carbonyl (C=O) groups excluding carboxylic acids is 1. The Morgan fingerprint density at radius 3 is 2.75 bits per heavy atom. The zero-order valence-corrected chi connectivity index (χ0v) is 10.4. The van der Waals surface area contributed by atoms with E-state index in [9.17, 15) is 4.79 Å². The first-order chi connectivity index (χ1) is 7.67. The third-order valence-electron chi connectivity index (χ3n) is 2.93. The summed E-state index contributed by atoms with van der Waals surface area (Å²) >= 11 is 0. The van der Waals surface area contributed by atoms with Gasteiger partial charge in [-0.1, -0.05) is 13.3 Å². The Labute approximate surface area is 98.0 Å². The van der Waals surface area contributed by atoms with E-state index in [0.717, 1.165) is 25.7 Å². The average Bonchev–Trinajstić information content (AvgIpc) is 3.00. The highest BCUT2D eigenvalue weighted by Crippen LogP contribution is 2.25. The van der Waals surface area contributed by atoms with Crippen molar-refractivity contribution < 1.29 is 9.90 Å². The van der Waals surface area contributed by atoms with Gasteiger partial charge in [-0.05, 0) is 26.2 Å². The second-order valence-electron chi connectivity index (χ2n) is 4.68. The molecule has 1 amide bonds. The van der Waals surface area contributed by atoms with E-state index in [-0.39, 0.29) is 18.6 Å².